The molecule has 0 saturated heterocycles. The zero-order valence-electron chi connectivity index (χ0n) is 19.0. The fraction of sp³-hybridized carbons (Fsp3) is 0.231. The van der Waals surface area contributed by atoms with Crippen LogP contribution in [0.15, 0.2) is 78.9 Å². The summed E-state index contributed by atoms with van der Waals surface area (Å²) in [5, 5.41) is 5.86. The Kier molecular flexibility index (Phi) is 10.2. The Balaban J connectivity index is 1.42. The van der Waals surface area contributed by atoms with Gasteiger partial charge in [-0.2, -0.15) is 0 Å². The van der Waals surface area contributed by atoms with Crippen molar-refractivity contribution in [3.8, 4) is 17.2 Å². The summed E-state index contributed by atoms with van der Waals surface area (Å²) in [7, 11) is 0. The van der Waals surface area contributed by atoms with Crippen molar-refractivity contribution in [2.24, 2.45) is 0 Å². The minimum absolute atomic E-state index is 0.187. The second-order valence-corrected chi connectivity index (χ2v) is 7.42. The van der Waals surface area contributed by atoms with Gasteiger partial charge in [0.2, 0.25) is 0 Å². The number of rotatable bonds is 12. The Hall–Kier alpha value is -3.62. The summed E-state index contributed by atoms with van der Waals surface area (Å²) < 4.78 is 22.2. The summed E-state index contributed by atoms with van der Waals surface area (Å²) in [6.07, 6.45) is 0. The topological polar surface area (TPSA) is 78.1 Å². The summed E-state index contributed by atoms with van der Waals surface area (Å²) in [6, 6.07) is 23.7. The SMILES string of the molecule is CCOCCOc1ccc(C(=O)NC(=S)Nc2cccc(OCCOc3ccccc3)c2)cc1. The second kappa shape index (κ2) is 13.8. The summed E-state index contributed by atoms with van der Waals surface area (Å²) in [6.45, 7) is 4.37. The molecule has 0 aliphatic rings. The van der Waals surface area contributed by atoms with E-state index in [0.717, 1.165) is 5.75 Å². The first kappa shape index (κ1) is 25.0. The molecule has 3 rings (SSSR count). The van der Waals surface area contributed by atoms with Crippen LogP contribution in [0.2, 0.25) is 0 Å². The average Bonchev–Trinajstić information content (AvgIpc) is 2.86. The molecule has 0 spiro atoms. The average molecular weight is 481 g/mol. The summed E-state index contributed by atoms with van der Waals surface area (Å²) in [5.74, 6) is 1.81. The number of carbonyl (C=O) groups excluding carboxylic acids is 1. The van der Waals surface area contributed by atoms with Crippen LogP contribution in [0.25, 0.3) is 0 Å². The van der Waals surface area contributed by atoms with Gasteiger partial charge in [0.05, 0.1) is 6.61 Å². The Morgan fingerprint density at radius 3 is 2.09 bits per heavy atom. The third-order valence-electron chi connectivity index (χ3n) is 4.50. The Labute approximate surface area is 205 Å². The Morgan fingerprint density at radius 1 is 0.765 bits per heavy atom. The fourth-order valence-electron chi connectivity index (χ4n) is 2.90. The van der Waals surface area contributed by atoms with Gasteiger partial charge in [0.15, 0.2) is 5.11 Å². The van der Waals surface area contributed by atoms with Crippen LogP contribution in [-0.4, -0.2) is 44.1 Å². The third-order valence-corrected chi connectivity index (χ3v) is 4.70. The molecular weight excluding hydrogens is 452 g/mol. The molecule has 34 heavy (non-hydrogen) atoms. The van der Waals surface area contributed by atoms with Gasteiger partial charge in [0.25, 0.3) is 5.91 Å². The van der Waals surface area contributed by atoms with Crippen molar-refractivity contribution in [1.82, 2.24) is 5.32 Å². The molecule has 0 heterocycles. The molecule has 0 radical (unpaired) electrons. The number of benzene rings is 3. The van der Waals surface area contributed by atoms with Crippen molar-refractivity contribution in [3.63, 3.8) is 0 Å². The molecular formula is C26H28N2O5S. The van der Waals surface area contributed by atoms with Gasteiger partial charge < -0.3 is 24.3 Å². The van der Waals surface area contributed by atoms with Crippen molar-refractivity contribution < 1.29 is 23.7 Å². The second-order valence-electron chi connectivity index (χ2n) is 7.02. The lowest BCUT2D eigenvalue weighted by atomic mass is 10.2. The molecule has 0 unspecified atom stereocenters. The van der Waals surface area contributed by atoms with Gasteiger partial charge in [0.1, 0.15) is 37.1 Å². The number of nitrogens with one attached hydrogen (secondary N) is 2. The number of hydrogen-bond donors (Lipinski definition) is 2. The van der Waals surface area contributed by atoms with E-state index in [1.807, 2.05) is 55.5 Å². The number of hydrogen-bond acceptors (Lipinski definition) is 6. The molecule has 2 N–H and O–H groups in total. The van der Waals surface area contributed by atoms with E-state index in [-0.39, 0.29) is 11.0 Å². The summed E-state index contributed by atoms with van der Waals surface area (Å²) in [5.41, 5.74) is 1.17. The number of anilines is 1. The largest absolute Gasteiger partial charge is 0.491 e. The monoisotopic (exact) mass is 480 g/mol. The van der Waals surface area contributed by atoms with E-state index in [1.54, 1.807) is 30.3 Å². The molecule has 7 nitrogen and oxygen atoms in total. The molecule has 1 amide bonds. The van der Waals surface area contributed by atoms with E-state index in [9.17, 15) is 4.79 Å². The lowest BCUT2D eigenvalue weighted by molar-refractivity contribution is 0.0977. The molecule has 8 heteroatoms. The highest BCUT2D eigenvalue weighted by atomic mass is 32.1. The first-order valence-corrected chi connectivity index (χ1v) is 11.4. The van der Waals surface area contributed by atoms with Crippen LogP contribution in [0.5, 0.6) is 17.2 Å². The van der Waals surface area contributed by atoms with Crippen LogP contribution in [-0.2, 0) is 4.74 Å². The highest BCUT2D eigenvalue weighted by Gasteiger charge is 2.09. The standard InChI is InChI=1S/C26H28N2O5S/c1-2-30-15-16-31-23-13-11-20(12-14-23)25(29)28-26(34)27-21-7-6-10-24(19-21)33-18-17-32-22-8-4-3-5-9-22/h3-14,19H,2,15-18H2,1H3,(H2,27,28,29,34). The number of carbonyl (C=O) groups is 1. The van der Waals surface area contributed by atoms with Crippen molar-refractivity contribution >= 4 is 28.9 Å². The van der Waals surface area contributed by atoms with E-state index >= 15 is 0 Å². The molecule has 0 fully saturated rings. The number of ether oxygens (including phenoxy) is 4. The molecule has 0 aromatic heterocycles. The van der Waals surface area contributed by atoms with Crippen LogP contribution < -0.4 is 24.8 Å². The van der Waals surface area contributed by atoms with E-state index in [4.69, 9.17) is 31.2 Å². The maximum Gasteiger partial charge on any atom is 0.257 e. The first-order chi connectivity index (χ1) is 16.6. The van der Waals surface area contributed by atoms with Crippen LogP contribution in [0.4, 0.5) is 5.69 Å². The molecule has 0 aliphatic carbocycles. The highest BCUT2D eigenvalue weighted by molar-refractivity contribution is 7.80. The van der Waals surface area contributed by atoms with Gasteiger partial charge >= 0.3 is 0 Å². The van der Waals surface area contributed by atoms with Crippen molar-refractivity contribution in [2.75, 3.05) is 38.4 Å². The molecule has 0 bridgehead atoms. The zero-order valence-corrected chi connectivity index (χ0v) is 19.8. The van der Waals surface area contributed by atoms with Gasteiger partial charge in [-0.15, -0.1) is 0 Å². The molecule has 0 aliphatic heterocycles. The van der Waals surface area contributed by atoms with Crippen LogP contribution in [0.1, 0.15) is 17.3 Å². The predicted octanol–water partition coefficient (Wildman–Crippen LogP) is 4.69. The third kappa shape index (κ3) is 8.73. The van der Waals surface area contributed by atoms with E-state index in [0.29, 0.717) is 55.8 Å². The van der Waals surface area contributed by atoms with Gasteiger partial charge in [0, 0.05) is 23.9 Å². The molecule has 3 aromatic rings. The lowest BCUT2D eigenvalue weighted by Gasteiger charge is -2.12. The minimum Gasteiger partial charge on any atom is -0.491 e. The maximum atomic E-state index is 12.5. The zero-order chi connectivity index (χ0) is 24.0. The van der Waals surface area contributed by atoms with Crippen LogP contribution in [0, 0.1) is 0 Å². The highest BCUT2D eigenvalue weighted by Crippen LogP contribution is 2.18. The van der Waals surface area contributed by atoms with E-state index in [1.165, 1.54) is 0 Å². The summed E-state index contributed by atoms with van der Waals surface area (Å²) >= 11 is 5.28. The first-order valence-electron chi connectivity index (χ1n) is 11.0. The predicted molar refractivity (Wildman–Crippen MR) is 136 cm³/mol. The van der Waals surface area contributed by atoms with Gasteiger partial charge in [-0.3, -0.25) is 10.1 Å². The minimum atomic E-state index is -0.316. The fourth-order valence-corrected chi connectivity index (χ4v) is 3.11. The molecule has 178 valence electrons. The van der Waals surface area contributed by atoms with Crippen molar-refractivity contribution in [1.29, 1.82) is 0 Å². The van der Waals surface area contributed by atoms with Gasteiger partial charge in [-0.1, -0.05) is 24.3 Å². The van der Waals surface area contributed by atoms with Crippen LogP contribution >= 0.6 is 12.2 Å². The van der Waals surface area contributed by atoms with Crippen LogP contribution in [0.3, 0.4) is 0 Å². The van der Waals surface area contributed by atoms with Gasteiger partial charge in [-0.05, 0) is 67.7 Å². The smallest absolute Gasteiger partial charge is 0.257 e. The Morgan fingerprint density at radius 2 is 1.38 bits per heavy atom. The normalized spacial score (nSPS) is 10.3. The molecule has 0 saturated carbocycles. The molecule has 3 aromatic carbocycles. The lowest BCUT2D eigenvalue weighted by Crippen LogP contribution is -2.34. The quantitative estimate of drug-likeness (QED) is 0.288. The van der Waals surface area contributed by atoms with Gasteiger partial charge in [-0.25, -0.2) is 0 Å². The number of para-hydroxylation sites is 1. The molecule has 0 atom stereocenters. The van der Waals surface area contributed by atoms with Crippen molar-refractivity contribution in [3.05, 3.63) is 84.4 Å². The number of thiocarbonyl (C=S) groups is 1. The summed E-state index contributed by atoms with van der Waals surface area (Å²) in [4.78, 5) is 12.5. The van der Waals surface area contributed by atoms with E-state index in [2.05, 4.69) is 10.6 Å². The maximum absolute atomic E-state index is 12.5. The van der Waals surface area contributed by atoms with E-state index < -0.39 is 0 Å². The van der Waals surface area contributed by atoms with Crippen molar-refractivity contribution in [2.45, 2.75) is 6.92 Å². The number of amides is 1. The Bertz CT molecular complexity index is 1040.